The Bertz CT molecular complexity index is 749. The van der Waals surface area contributed by atoms with Gasteiger partial charge in [0.05, 0.1) is 11.4 Å². The van der Waals surface area contributed by atoms with Crippen molar-refractivity contribution in [1.29, 1.82) is 0 Å². The molecule has 0 aliphatic rings. The van der Waals surface area contributed by atoms with Crippen molar-refractivity contribution in [3.8, 4) is 11.3 Å². The van der Waals surface area contributed by atoms with Crippen LogP contribution in [-0.4, -0.2) is 24.1 Å². The van der Waals surface area contributed by atoms with Crippen molar-refractivity contribution < 1.29 is 17.2 Å². The van der Waals surface area contributed by atoms with Crippen LogP contribution < -0.4 is 0 Å². The van der Waals surface area contributed by atoms with E-state index in [-0.39, 0.29) is 11.4 Å². The first-order valence-corrected chi connectivity index (χ1v) is 8.02. The summed E-state index contributed by atoms with van der Waals surface area (Å²) in [5.41, 5.74) is -0.0257. The van der Waals surface area contributed by atoms with Gasteiger partial charge in [-0.2, -0.15) is 0 Å². The standard InChI is InChI=1S/C13H11ClF2N2O2S/c1-2-21(19,20)13-17-10(7-11(18-13)12(15)16)8-3-5-9(14)6-4-8/h3-7,12H,2H2,1H3. The molecule has 8 heteroatoms. The lowest BCUT2D eigenvalue weighted by Crippen LogP contribution is -2.11. The van der Waals surface area contributed by atoms with Crippen LogP contribution >= 0.6 is 11.6 Å². The monoisotopic (exact) mass is 332 g/mol. The van der Waals surface area contributed by atoms with Crippen LogP contribution in [0.4, 0.5) is 8.78 Å². The molecule has 0 unspecified atom stereocenters. The average Bonchev–Trinajstić information content (AvgIpc) is 2.47. The van der Waals surface area contributed by atoms with E-state index >= 15 is 0 Å². The van der Waals surface area contributed by atoms with Gasteiger partial charge in [0.2, 0.25) is 15.0 Å². The SMILES string of the molecule is CCS(=O)(=O)c1nc(-c2ccc(Cl)cc2)cc(C(F)F)n1. The summed E-state index contributed by atoms with van der Waals surface area (Å²) in [4.78, 5) is 7.33. The van der Waals surface area contributed by atoms with Crippen molar-refractivity contribution in [2.45, 2.75) is 18.5 Å². The topological polar surface area (TPSA) is 59.9 Å². The number of hydrogen-bond donors (Lipinski definition) is 0. The van der Waals surface area contributed by atoms with Crippen LogP contribution in [-0.2, 0) is 9.84 Å². The number of sulfone groups is 1. The number of rotatable bonds is 4. The minimum Gasteiger partial charge on any atom is -0.220 e. The maximum Gasteiger partial charge on any atom is 0.280 e. The van der Waals surface area contributed by atoms with Crippen LogP contribution in [0.2, 0.25) is 5.02 Å². The second-order valence-corrected chi connectivity index (χ2v) is 6.78. The molecular formula is C13H11ClF2N2O2S. The molecule has 0 saturated heterocycles. The summed E-state index contributed by atoms with van der Waals surface area (Å²) in [6.07, 6.45) is -2.88. The van der Waals surface area contributed by atoms with Crippen LogP contribution in [0, 0.1) is 0 Å². The lowest BCUT2D eigenvalue weighted by atomic mass is 10.1. The second-order valence-electron chi connectivity index (χ2n) is 4.17. The van der Waals surface area contributed by atoms with E-state index in [1.165, 1.54) is 6.92 Å². The largest absolute Gasteiger partial charge is 0.280 e. The molecule has 21 heavy (non-hydrogen) atoms. The number of aromatic nitrogens is 2. The molecule has 1 aromatic heterocycles. The summed E-state index contributed by atoms with van der Waals surface area (Å²) < 4.78 is 49.4. The highest BCUT2D eigenvalue weighted by atomic mass is 35.5. The first-order valence-electron chi connectivity index (χ1n) is 5.99. The third-order valence-corrected chi connectivity index (χ3v) is 4.50. The Morgan fingerprint density at radius 1 is 1.19 bits per heavy atom. The molecule has 112 valence electrons. The van der Waals surface area contributed by atoms with E-state index in [2.05, 4.69) is 9.97 Å². The van der Waals surface area contributed by atoms with Crippen LogP contribution in [0.1, 0.15) is 19.0 Å². The Morgan fingerprint density at radius 2 is 1.81 bits per heavy atom. The molecule has 0 fully saturated rings. The molecule has 1 heterocycles. The lowest BCUT2D eigenvalue weighted by molar-refractivity contribution is 0.145. The molecule has 2 rings (SSSR count). The van der Waals surface area contributed by atoms with Gasteiger partial charge in [-0.1, -0.05) is 30.7 Å². The van der Waals surface area contributed by atoms with Crippen molar-refractivity contribution >= 4 is 21.4 Å². The number of hydrogen-bond acceptors (Lipinski definition) is 4. The van der Waals surface area contributed by atoms with E-state index in [4.69, 9.17) is 11.6 Å². The zero-order valence-electron chi connectivity index (χ0n) is 10.9. The number of halogens is 3. The van der Waals surface area contributed by atoms with Gasteiger partial charge < -0.3 is 0 Å². The normalized spacial score (nSPS) is 11.9. The highest BCUT2D eigenvalue weighted by Gasteiger charge is 2.21. The van der Waals surface area contributed by atoms with E-state index < -0.39 is 27.1 Å². The fraction of sp³-hybridized carbons (Fsp3) is 0.231. The molecular weight excluding hydrogens is 322 g/mol. The second kappa shape index (κ2) is 6.03. The molecule has 0 N–H and O–H groups in total. The highest BCUT2D eigenvalue weighted by molar-refractivity contribution is 7.91. The summed E-state index contributed by atoms with van der Waals surface area (Å²) in [5.74, 6) is -0.264. The zero-order chi connectivity index (χ0) is 15.6. The summed E-state index contributed by atoms with van der Waals surface area (Å²) in [6, 6.07) is 7.34. The summed E-state index contributed by atoms with van der Waals surface area (Å²) in [7, 11) is -3.77. The fourth-order valence-corrected chi connectivity index (χ4v) is 2.46. The first-order chi connectivity index (χ1) is 9.83. The molecule has 0 saturated carbocycles. The van der Waals surface area contributed by atoms with Crippen LogP contribution in [0.3, 0.4) is 0 Å². The van der Waals surface area contributed by atoms with Gasteiger partial charge in [0.1, 0.15) is 5.69 Å². The van der Waals surface area contributed by atoms with Gasteiger partial charge in [0.15, 0.2) is 0 Å². The minimum absolute atomic E-state index is 0.115. The molecule has 4 nitrogen and oxygen atoms in total. The van der Waals surface area contributed by atoms with Crippen LogP contribution in [0.25, 0.3) is 11.3 Å². The quantitative estimate of drug-likeness (QED) is 0.804. The van der Waals surface area contributed by atoms with E-state index in [9.17, 15) is 17.2 Å². The summed E-state index contributed by atoms with van der Waals surface area (Å²) in [6.45, 7) is 1.40. The molecule has 0 atom stereocenters. The predicted octanol–water partition coefficient (Wildman–Crippen LogP) is 3.53. The average molecular weight is 333 g/mol. The molecule has 0 radical (unpaired) electrons. The smallest absolute Gasteiger partial charge is 0.220 e. The maximum absolute atomic E-state index is 12.9. The van der Waals surface area contributed by atoms with E-state index in [0.717, 1.165) is 6.07 Å². The fourth-order valence-electron chi connectivity index (χ4n) is 1.59. The molecule has 0 amide bonds. The van der Waals surface area contributed by atoms with Crippen LogP contribution in [0.15, 0.2) is 35.5 Å². The summed E-state index contributed by atoms with van der Waals surface area (Å²) in [5, 5.41) is -0.115. The van der Waals surface area contributed by atoms with Gasteiger partial charge in [-0.3, -0.25) is 0 Å². The van der Waals surface area contributed by atoms with E-state index in [1.807, 2.05) is 0 Å². The third-order valence-electron chi connectivity index (χ3n) is 2.75. The minimum atomic E-state index is -3.77. The van der Waals surface area contributed by atoms with E-state index in [0.29, 0.717) is 10.6 Å². The van der Waals surface area contributed by atoms with Gasteiger partial charge in [0.25, 0.3) is 6.43 Å². The number of alkyl halides is 2. The third kappa shape index (κ3) is 3.54. The van der Waals surface area contributed by atoms with Gasteiger partial charge in [-0.05, 0) is 18.2 Å². The van der Waals surface area contributed by atoms with Gasteiger partial charge in [0, 0.05) is 10.6 Å². The van der Waals surface area contributed by atoms with E-state index in [1.54, 1.807) is 24.3 Å². The summed E-state index contributed by atoms with van der Waals surface area (Å²) >= 11 is 5.76. The maximum atomic E-state index is 12.9. The molecule has 0 aliphatic heterocycles. The van der Waals surface area contributed by atoms with Crippen molar-refractivity contribution in [2.24, 2.45) is 0 Å². The number of nitrogens with zero attached hydrogens (tertiary/aromatic N) is 2. The van der Waals surface area contributed by atoms with Crippen molar-refractivity contribution in [2.75, 3.05) is 5.75 Å². The number of benzene rings is 1. The van der Waals surface area contributed by atoms with Crippen LogP contribution in [0.5, 0.6) is 0 Å². The highest BCUT2D eigenvalue weighted by Crippen LogP contribution is 2.25. The van der Waals surface area contributed by atoms with Gasteiger partial charge >= 0.3 is 0 Å². The van der Waals surface area contributed by atoms with Crippen molar-refractivity contribution in [3.63, 3.8) is 0 Å². The lowest BCUT2D eigenvalue weighted by Gasteiger charge is -2.08. The van der Waals surface area contributed by atoms with Gasteiger partial charge in [-0.15, -0.1) is 0 Å². The van der Waals surface area contributed by atoms with Crippen molar-refractivity contribution in [1.82, 2.24) is 9.97 Å². The molecule has 2 aromatic rings. The first kappa shape index (κ1) is 15.8. The Hall–Kier alpha value is -1.60. The predicted molar refractivity (Wildman–Crippen MR) is 75.2 cm³/mol. The molecule has 1 aromatic carbocycles. The van der Waals surface area contributed by atoms with Gasteiger partial charge in [-0.25, -0.2) is 27.2 Å². The Balaban J connectivity index is 2.63. The molecule has 0 spiro atoms. The Labute approximate surface area is 125 Å². The van der Waals surface area contributed by atoms with Crippen molar-refractivity contribution in [3.05, 3.63) is 41.0 Å². The molecule has 0 bridgehead atoms. The Morgan fingerprint density at radius 3 is 2.33 bits per heavy atom. The Kier molecular flexibility index (Phi) is 4.53. The zero-order valence-corrected chi connectivity index (χ0v) is 12.5. The molecule has 0 aliphatic carbocycles.